The number of aromatic nitrogens is 3. The van der Waals surface area contributed by atoms with Crippen molar-refractivity contribution in [3.8, 4) is 0 Å². The lowest BCUT2D eigenvalue weighted by Gasteiger charge is -2.32. The number of hydrogen-bond acceptors (Lipinski definition) is 8. The molecule has 2 fully saturated rings. The molecule has 2 aliphatic carbocycles. The average Bonchev–Trinajstić information content (AvgIpc) is 3.69. The van der Waals surface area contributed by atoms with Gasteiger partial charge in [0.1, 0.15) is 5.76 Å². The first kappa shape index (κ1) is 39.1. The number of carbonyl (C=O) groups is 2. The number of rotatable bonds is 11. The van der Waals surface area contributed by atoms with Crippen molar-refractivity contribution < 1.29 is 32.2 Å². The molecule has 2 aliphatic heterocycles. The molecular formula is C42H55N5O7S. The van der Waals surface area contributed by atoms with Gasteiger partial charge in [-0.2, -0.15) is 5.10 Å². The summed E-state index contributed by atoms with van der Waals surface area (Å²) in [5.41, 5.74) is 5.85. The second-order valence-electron chi connectivity index (χ2n) is 16.1. The number of nitrogens with zero attached hydrogens (tertiary/aromatic N) is 4. The zero-order valence-corrected chi connectivity index (χ0v) is 33.7. The van der Waals surface area contributed by atoms with E-state index in [4.69, 9.17) is 19.3 Å². The minimum Gasteiger partial charge on any atom is -0.497 e. The molecule has 7 rings (SSSR count). The van der Waals surface area contributed by atoms with Gasteiger partial charge in [-0.25, -0.2) is 13.1 Å². The zero-order valence-electron chi connectivity index (χ0n) is 32.9. The van der Waals surface area contributed by atoms with Gasteiger partial charge in [-0.1, -0.05) is 51.3 Å². The predicted molar refractivity (Wildman–Crippen MR) is 212 cm³/mol. The molecule has 3 aromatic rings. The van der Waals surface area contributed by atoms with Crippen LogP contribution < -0.4 is 4.72 Å². The van der Waals surface area contributed by atoms with E-state index in [1.165, 1.54) is 17.7 Å². The van der Waals surface area contributed by atoms with Gasteiger partial charge >= 0.3 is 0 Å². The van der Waals surface area contributed by atoms with E-state index < -0.39 is 15.9 Å². The Kier molecular flexibility index (Phi) is 11.4. The van der Waals surface area contributed by atoms with E-state index in [9.17, 15) is 18.0 Å². The molecule has 1 saturated carbocycles. The lowest BCUT2D eigenvalue weighted by molar-refractivity contribution is -0.0531. The summed E-state index contributed by atoms with van der Waals surface area (Å²) < 4.78 is 49.4. The molecule has 1 saturated heterocycles. The Morgan fingerprint density at radius 3 is 2.56 bits per heavy atom. The summed E-state index contributed by atoms with van der Waals surface area (Å²) in [7, 11) is -0.511. The van der Waals surface area contributed by atoms with Gasteiger partial charge in [0, 0.05) is 66.8 Å². The standard InChI is InChI=1S/C42H55N5O7S/c1-26(2)25-55(50,51)44-41(48)29-12-14-35-37(20-29)46-22-31(18-30-19-32(53-6)13-15-34(30)40(46)38(35)28-10-8-7-9-11-28)39-36(21-43-47(39)27(3)4)42(49)45-16-17-54-33(23-45)24-52-5/h12-15,18-21,26-28,30,33-34H,7-11,16-17,22-25H2,1-6H3,(H,44,48)/t30?,33-,34?/m0/s1. The number of fused-ring (bicyclic) bond motifs is 5. The largest absolute Gasteiger partial charge is 0.497 e. The van der Waals surface area contributed by atoms with Crippen molar-refractivity contribution in [3.63, 3.8) is 0 Å². The summed E-state index contributed by atoms with van der Waals surface area (Å²) in [6.07, 6.45) is 15.8. The van der Waals surface area contributed by atoms with Gasteiger partial charge in [-0.15, -0.1) is 0 Å². The maximum Gasteiger partial charge on any atom is 0.264 e. The molecule has 0 spiro atoms. The first-order valence-corrected chi connectivity index (χ1v) is 21.4. The second kappa shape index (κ2) is 16.1. The van der Waals surface area contributed by atoms with E-state index in [1.54, 1.807) is 26.5 Å². The van der Waals surface area contributed by atoms with Gasteiger partial charge in [0.25, 0.3) is 11.8 Å². The maximum atomic E-state index is 14.5. The summed E-state index contributed by atoms with van der Waals surface area (Å²) >= 11 is 0. The van der Waals surface area contributed by atoms with Crippen LogP contribution in [0.2, 0.25) is 0 Å². The summed E-state index contributed by atoms with van der Waals surface area (Å²) in [6.45, 7) is 9.88. The van der Waals surface area contributed by atoms with Crippen molar-refractivity contribution in [2.75, 3.05) is 46.3 Å². The van der Waals surface area contributed by atoms with Gasteiger partial charge in [0.15, 0.2) is 0 Å². The highest BCUT2D eigenvalue weighted by Gasteiger charge is 2.37. The van der Waals surface area contributed by atoms with Gasteiger partial charge in [0.05, 0.1) is 49.6 Å². The number of benzene rings is 1. The van der Waals surface area contributed by atoms with Crippen LogP contribution in [0.1, 0.15) is 115 Å². The van der Waals surface area contributed by atoms with Crippen molar-refractivity contribution in [3.05, 3.63) is 82.5 Å². The molecule has 4 aliphatic rings. The monoisotopic (exact) mass is 773 g/mol. The number of ether oxygens (including phenoxy) is 3. The summed E-state index contributed by atoms with van der Waals surface area (Å²) in [4.78, 5) is 29.9. The Morgan fingerprint density at radius 1 is 1.07 bits per heavy atom. The van der Waals surface area contributed by atoms with Crippen LogP contribution >= 0.6 is 0 Å². The van der Waals surface area contributed by atoms with Gasteiger partial charge in [-0.3, -0.25) is 14.3 Å². The van der Waals surface area contributed by atoms with Crippen molar-refractivity contribution >= 4 is 38.3 Å². The van der Waals surface area contributed by atoms with Crippen molar-refractivity contribution in [2.24, 2.45) is 11.8 Å². The molecular weight excluding hydrogens is 719 g/mol. The fraction of sp³-hybridized carbons (Fsp3) is 0.548. The molecule has 0 bridgehead atoms. The number of sulfonamides is 1. The zero-order chi connectivity index (χ0) is 39.0. The highest BCUT2D eigenvalue weighted by molar-refractivity contribution is 7.90. The fourth-order valence-electron chi connectivity index (χ4n) is 9.01. The number of amides is 2. The Balaban J connectivity index is 1.41. The third-order valence-electron chi connectivity index (χ3n) is 11.3. The average molecular weight is 774 g/mol. The van der Waals surface area contributed by atoms with E-state index in [0.29, 0.717) is 44.3 Å². The molecule has 3 atom stereocenters. The molecule has 2 unspecified atom stereocenters. The van der Waals surface area contributed by atoms with Crippen LogP contribution in [0, 0.1) is 11.8 Å². The quantitative estimate of drug-likeness (QED) is 0.232. The first-order valence-electron chi connectivity index (χ1n) is 19.7. The summed E-state index contributed by atoms with van der Waals surface area (Å²) in [5.74, 6) is -0.0641. The molecule has 0 radical (unpaired) electrons. The Hall–Kier alpha value is -4.20. The van der Waals surface area contributed by atoms with Crippen LogP contribution in [0.4, 0.5) is 0 Å². The topological polar surface area (TPSA) is 134 Å². The molecule has 2 aromatic heterocycles. The minimum absolute atomic E-state index is 0.0412. The lowest BCUT2D eigenvalue weighted by Crippen LogP contribution is -2.47. The SMILES string of the molecule is COC[C@@H]1CN(C(=O)c2cnn(C(C)C)c2C2=CC3C=C(OC)C=CC3c3c(C4CCCCC4)c4ccc(C(=O)NS(=O)(=O)CC(C)C)cc4n3C2)CCO1. The van der Waals surface area contributed by atoms with Crippen LogP contribution in [0.15, 0.2) is 54.5 Å². The summed E-state index contributed by atoms with van der Waals surface area (Å²) in [6, 6.07) is 5.57. The van der Waals surface area contributed by atoms with Crippen molar-refractivity contribution in [1.82, 2.24) is 24.0 Å². The van der Waals surface area contributed by atoms with E-state index in [0.717, 1.165) is 53.6 Å². The fourth-order valence-corrected chi connectivity index (χ4v) is 10.4. The van der Waals surface area contributed by atoms with Gasteiger partial charge in [0.2, 0.25) is 10.0 Å². The molecule has 296 valence electrons. The van der Waals surface area contributed by atoms with Crippen LogP contribution in [-0.4, -0.2) is 91.9 Å². The highest BCUT2D eigenvalue weighted by Crippen LogP contribution is 2.49. The number of morpholine rings is 1. The molecule has 55 heavy (non-hydrogen) atoms. The number of methoxy groups -OCH3 is 2. The first-order chi connectivity index (χ1) is 26.4. The smallest absolute Gasteiger partial charge is 0.264 e. The molecule has 2 amide bonds. The number of allylic oxidation sites excluding steroid dienone is 5. The number of nitrogens with one attached hydrogen (secondary N) is 1. The third-order valence-corrected chi connectivity index (χ3v) is 12.9. The van der Waals surface area contributed by atoms with E-state index in [1.807, 2.05) is 41.6 Å². The van der Waals surface area contributed by atoms with Crippen LogP contribution in [0.25, 0.3) is 16.5 Å². The third kappa shape index (κ3) is 7.93. The minimum atomic E-state index is -3.82. The van der Waals surface area contributed by atoms with E-state index in [2.05, 4.69) is 41.4 Å². The Labute approximate surface area is 324 Å². The molecule has 1 aromatic carbocycles. The van der Waals surface area contributed by atoms with Crippen molar-refractivity contribution in [1.29, 1.82) is 0 Å². The summed E-state index contributed by atoms with van der Waals surface area (Å²) in [5, 5.41) is 5.89. The predicted octanol–water partition coefficient (Wildman–Crippen LogP) is 6.57. The van der Waals surface area contributed by atoms with Crippen molar-refractivity contribution in [2.45, 2.75) is 90.3 Å². The van der Waals surface area contributed by atoms with Crippen LogP contribution in [0.3, 0.4) is 0 Å². The molecule has 13 heteroatoms. The Morgan fingerprint density at radius 2 is 1.85 bits per heavy atom. The number of hydrogen-bond donors (Lipinski definition) is 1. The normalized spacial score (nSPS) is 22.0. The highest BCUT2D eigenvalue weighted by atomic mass is 32.2. The molecule has 4 heterocycles. The molecule has 1 N–H and O–H groups in total. The van der Waals surface area contributed by atoms with E-state index >= 15 is 0 Å². The molecule has 12 nitrogen and oxygen atoms in total. The van der Waals surface area contributed by atoms with Crippen LogP contribution in [-0.2, 0) is 30.8 Å². The number of carbonyl (C=O) groups excluding carboxylic acids is 2. The van der Waals surface area contributed by atoms with E-state index in [-0.39, 0.29) is 47.1 Å². The van der Waals surface area contributed by atoms with Crippen LogP contribution in [0.5, 0.6) is 0 Å². The van der Waals surface area contributed by atoms with Gasteiger partial charge in [-0.05, 0) is 73.9 Å². The maximum absolute atomic E-state index is 14.5. The lowest BCUT2D eigenvalue weighted by atomic mass is 9.77. The van der Waals surface area contributed by atoms with Gasteiger partial charge < -0.3 is 23.7 Å². The second-order valence-corrected chi connectivity index (χ2v) is 17.9. The Bertz CT molecular complexity index is 2130.